The number of nitrogens with one attached hydrogen (secondary N) is 1. The number of ether oxygens (including phenoxy) is 1. The van der Waals surface area contributed by atoms with Crippen LogP contribution in [0.4, 0.5) is 10.1 Å². The fourth-order valence-electron chi connectivity index (χ4n) is 1.14. The number of halogens is 1. The van der Waals surface area contributed by atoms with Gasteiger partial charge in [0.1, 0.15) is 19.0 Å². The Hall–Kier alpha value is -1.51. The third-order valence-electron chi connectivity index (χ3n) is 1.84. The van der Waals surface area contributed by atoms with E-state index in [0.717, 1.165) is 11.3 Å². The Morgan fingerprint density at radius 3 is 2.93 bits per heavy atom. The Morgan fingerprint density at radius 1 is 1.57 bits per heavy atom. The van der Waals surface area contributed by atoms with Crippen molar-refractivity contribution in [1.82, 2.24) is 0 Å². The monoisotopic (exact) mass is 195 g/mol. The second-order valence-corrected chi connectivity index (χ2v) is 2.75. The highest BCUT2D eigenvalue weighted by Crippen LogP contribution is 2.25. The van der Waals surface area contributed by atoms with Gasteiger partial charge in [0.2, 0.25) is 0 Å². The third kappa shape index (κ3) is 2.49. The highest BCUT2D eigenvalue weighted by atomic mass is 19.1. The number of hydrogen-bond acceptors (Lipinski definition) is 2. The van der Waals surface area contributed by atoms with Crippen LogP contribution in [0.25, 0.3) is 6.08 Å². The summed E-state index contributed by atoms with van der Waals surface area (Å²) in [5.74, 6) is 0.663. The molecule has 0 spiro atoms. The molecule has 0 unspecified atom stereocenters. The molecule has 0 heterocycles. The Labute approximate surface area is 83.4 Å². The van der Waals surface area contributed by atoms with Crippen molar-refractivity contribution in [2.45, 2.75) is 0 Å². The smallest absolute Gasteiger partial charge is 0.142 e. The lowest BCUT2D eigenvalue weighted by Crippen LogP contribution is -2.01. The largest absolute Gasteiger partial charge is 0.489 e. The van der Waals surface area contributed by atoms with Crippen molar-refractivity contribution >= 4 is 11.8 Å². The lowest BCUT2D eigenvalue weighted by molar-refractivity contribution is 0.274. The highest BCUT2D eigenvalue weighted by molar-refractivity contribution is 5.63. The zero-order chi connectivity index (χ0) is 10.4. The molecule has 0 aliphatic heterocycles. The van der Waals surface area contributed by atoms with Gasteiger partial charge in [0, 0.05) is 7.05 Å². The number of rotatable bonds is 5. The molecule has 0 aliphatic rings. The van der Waals surface area contributed by atoms with Crippen molar-refractivity contribution in [2.24, 2.45) is 0 Å². The molecule has 14 heavy (non-hydrogen) atoms. The Bertz CT molecular complexity index is 312. The van der Waals surface area contributed by atoms with Gasteiger partial charge in [-0.2, -0.15) is 0 Å². The lowest BCUT2D eigenvalue weighted by atomic mass is 10.2. The van der Waals surface area contributed by atoms with Crippen molar-refractivity contribution in [3.8, 4) is 5.75 Å². The van der Waals surface area contributed by atoms with E-state index in [-0.39, 0.29) is 6.61 Å². The molecule has 1 rings (SSSR count). The van der Waals surface area contributed by atoms with E-state index in [0.29, 0.717) is 5.75 Å². The number of hydrogen-bond donors (Lipinski definition) is 1. The number of benzene rings is 1. The standard InChI is InChI=1S/C11H14FNO/c1-3-9-4-5-11(14-7-6-12)10(8-9)13-2/h3-5,8,13H,1,6-7H2,2H3. The molecule has 0 bridgehead atoms. The lowest BCUT2D eigenvalue weighted by Gasteiger charge is -2.10. The number of anilines is 1. The summed E-state index contributed by atoms with van der Waals surface area (Å²) in [6.07, 6.45) is 1.75. The summed E-state index contributed by atoms with van der Waals surface area (Å²) in [4.78, 5) is 0. The molecule has 1 N–H and O–H groups in total. The molecule has 0 aliphatic carbocycles. The molecule has 0 saturated carbocycles. The van der Waals surface area contributed by atoms with E-state index < -0.39 is 6.67 Å². The maximum atomic E-state index is 11.9. The second-order valence-electron chi connectivity index (χ2n) is 2.75. The van der Waals surface area contributed by atoms with Crippen LogP contribution in [0.1, 0.15) is 5.56 Å². The minimum atomic E-state index is -0.480. The summed E-state index contributed by atoms with van der Waals surface area (Å²) in [6, 6.07) is 5.58. The predicted molar refractivity (Wildman–Crippen MR) is 57.5 cm³/mol. The van der Waals surface area contributed by atoms with Crippen LogP contribution in [0.5, 0.6) is 5.75 Å². The van der Waals surface area contributed by atoms with Gasteiger partial charge >= 0.3 is 0 Å². The van der Waals surface area contributed by atoms with Gasteiger partial charge in [-0.3, -0.25) is 0 Å². The van der Waals surface area contributed by atoms with Crippen LogP contribution in [-0.2, 0) is 0 Å². The first-order valence-corrected chi connectivity index (χ1v) is 4.45. The first-order chi connectivity index (χ1) is 6.81. The SMILES string of the molecule is C=Cc1ccc(OCCF)c(NC)c1. The quantitative estimate of drug-likeness (QED) is 0.780. The fourth-order valence-corrected chi connectivity index (χ4v) is 1.14. The fraction of sp³-hybridized carbons (Fsp3) is 0.273. The minimum absolute atomic E-state index is 0.0854. The summed E-state index contributed by atoms with van der Waals surface area (Å²) in [5, 5.41) is 2.98. The Kier molecular flexibility index (Phi) is 3.98. The van der Waals surface area contributed by atoms with Gasteiger partial charge in [-0.1, -0.05) is 18.7 Å². The van der Waals surface area contributed by atoms with Gasteiger partial charge in [0.25, 0.3) is 0 Å². The molecule has 0 fully saturated rings. The predicted octanol–water partition coefficient (Wildman–Crippen LogP) is 2.72. The second kappa shape index (κ2) is 5.27. The maximum absolute atomic E-state index is 11.9. The minimum Gasteiger partial charge on any atom is -0.489 e. The van der Waals surface area contributed by atoms with E-state index in [1.54, 1.807) is 19.2 Å². The molecule has 76 valence electrons. The van der Waals surface area contributed by atoms with Crippen molar-refractivity contribution < 1.29 is 9.13 Å². The molecule has 0 radical (unpaired) electrons. The van der Waals surface area contributed by atoms with Gasteiger partial charge in [-0.25, -0.2) is 4.39 Å². The zero-order valence-electron chi connectivity index (χ0n) is 8.22. The first kappa shape index (κ1) is 10.6. The van der Waals surface area contributed by atoms with Crippen molar-refractivity contribution in [1.29, 1.82) is 0 Å². The van der Waals surface area contributed by atoms with Crippen LogP contribution in [0.3, 0.4) is 0 Å². The molecule has 2 nitrogen and oxygen atoms in total. The van der Waals surface area contributed by atoms with Gasteiger partial charge < -0.3 is 10.1 Å². The summed E-state index contributed by atoms with van der Waals surface area (Å²) in [6.45, 7) is 3.28. The summed E-state index contributed by atoms with van der Waals surface area (Å²) >= 11 is 0. The van der Waals surface area contributed by atoms with Crippen LogP contribution in [0.2, 0.25) is 0 Å². The van der Waals surface area contributed by atoms with E-state index in [1.165, 1.54) is 0 Å². The number of alkyl halides is 1. The maximum Gasteiger partial charge on any atom is 0.142 e. The molecule has 0 saturated heterocycles. The van der Waals surface area contributed by atoms with E-state index in [9.17, 15) is 4.39 Å². The first-order valence-electron chi connectivity index (χ1n) is 4.45. The molecule has 3 heteroatoms. The van der Waals surface area contributed by atoms with Gasteiger partial charge in [0.05, 0.1) is 5.69 Å². The van der Waals surface area contributed by atoms with Crippen LogP contribution >= 0.6 is 0 Å². The molecule has 0 aromatic heterocycles. The third-order valence-corrected chi connectivity index (χ3v) is 1.84. The van der Waals surface area contributed by atoms with Crippen molar-refractivity contribution in [3.63, 3.8) is 0 Å². The average molecular weight is 195 g/mol. The van der Waals surface area contributed by atoms with E-state index in [2.05, 4.69) is 11.9 Å². The summed E-state index contributed by atoms with van der Waals surface area (Å²) in [7, 11) is 1.80. The molecule has 1 aromatic rings. The van der Waals surface area contributed by atoms with Gasteiger partial charge in [0.15, 0.2) is 0 Å². The van der Waals surface area contributed by atoms with E-state index >= 15 is 0 Å². The normalized spacial score (nSPS) is 9.57. The Morgan fingerprint density at radius 2 is 2.36 bits per heavy atom. The van der Waals surface area contributed by atoms with Crippen LogP contribution in [-0.4, -0.2) is 20.3 Å². The topological polar surface area (TPSA) is 21.3 Å². The highest BCUT2D eigenvalue weighted by Gasteiger charge is 2.01. The molecule has 1 aromatic carbocycles. The van der Waals surface area contributed by atoms with Crippen molar-refractivity contribution in [2.75, 3.05) is 25.6 Å². The summed E-state index contributed by atoms with van der Waals surface area (Å²) < 4.78 is 17.1. The molecular formula is C11H14FNO. The van der Waals surface area contributed by atoms with Crippen LogP contribution in [0, 0.1) is 0 Å². The average Bonchev–Trinajstić information content (AvgIpc) is 2.26. The molecular weight excluding hydrogens is 181 g/mol. The van der Waals surface area contributed by atoms with E-state index in [1.807, 2.05) is 12.1 Å². The summed E-state index contributed by atoms with van der Waals surface area (Å²) in [5.41, 5.74) is 1.85. The molecule has 0 amide bonds. The zero-order valence-corrected chi connectivity index (χ0v) is 8.22. The van der Waals surface area contributed by atoms with Crippen LogP contribution < -0.4 is 10.1 Å². The Balaban J connectivity index is 2.87. The van der Waals surface area contributed by atoms with E-state index in [4.69, 9.17) is 4.74 Å². The van der Waals surface area contributed by atoms with Crippen LogP contribution in [0.15, 0.2) is 24.8 Å². The van der Waals surface area contributed by atoms with Gasteiger partial charge in [-0.15, -0.1) is 0 Å². The van der Waals surface area contributed by atoms with Gasteiger partial charge in [-0.05, 0) is 17.7 Å². The van der Waals surface area contributed by atoms with Crippen molar-refractivity contribution in [3.05, 3.63) is 30.3 Å². The molecule has 0 atom stereocenters.